The maximum Gasteiger partial charge on any atom is 0.164 e. The molecule has 0 saturated carbocycles. The van der Waals surface area contributed by atoms with E-state index in [1.54, 1.807) is 11.3 Å². The zero-order chi connectivity index (χ0) is 33.4. The van der Waals surface area contributed by atoms with Gasteiger partial charge in [0.05, 0.1) is 6.85 Å². The SMILES string of the molecule is [2H]c1c([2H])c([2H])c(-c2nc(-c3ccccc3)nc(-c3ccc4oc5ccc(-c6cccc7c6sc6ccccc67)cc5c4c3)n2)c([2H])c1[2H]. The van der Waals surface area contributed by atoms with Crippen molar-refractivity contribution in [2.24, 2.45) is 0 Å². The van der Waals surface area contributed by atoms with Crippen LogP contribution in [0.15, 0.2) is 144 Å². The van der Waals surface area contributed by atoms with E-state index in [9.17, 15) is 0 Å². The minimum absolute atomic E-state index is 0.00304. The highest BCUT2D eigenvalue weighted by Gasteiger charge is 2.16. The van der Waals surface area contributed by atoms with Crippen LogP contribution in [-0.2, 0) is 0 Å². The first-order valence-electron chi connectivity index (χ1n) is 16.6. The van der Waals surface area contributed by atoms with Crippen molar-refractivity contribution in [2.45, 2.75) is 0 Å². The number of furan rings is 1. The van der Waals surface area contributed by atoms with Crippen molar-refractivity contribution in [3.63, 3.8) is 0 Å². The van der Waals surface area contributed by atoms with E-state index in [4.69, 9.17) is 21.2 Å². The first kappa shape index (κ1) is 20.3. The number of hydrogen-bond acceptors (Lipinski definition) is 5. The summed E-state index contributed by atoms with van der Waals surface area (Å²) in [4.78, 5) is 14.1. The van der Waals surface area contributed by atoms with E-state index < -0.39 is 18.1 Å². The fourth-order valence-electron chi connectivity index (χ4n) is 5.75. The van der Waals surface area contributed by atoms with Gasteiger partial charge in [0.1, 0.15) is 11.2 Å². The van der Waals surface area contributed by atoms with Gasteiger partial charge in [-0.05, 0) is 47.5 Å². The number of fused-ring (bicyclic) bond motifs is 6. The van der Waals surface area contributed by atoms with E-state index >= 15 is 0 Å². The van der Waals surface area contributed by atoms with Crippen molar-refractivity contribution in [3.05, 3.63) is 139 Å². The second-order valence-corrected chi connectivity index (χ2v) is 11.5. The number of nitrogens with zero attached hydrogens (tertiary/aromatic N) is 3. The lowest BCUT2D eigenvalue weighted by molar-refractivity contribution is 0.669. The van der Waals surface area contributed by atoms with Gasteiger partial charge in [0, 0.05) is 47.6 Å². The Morgan fingerprint density at radius 1 is 0.500 bits per heavy atom. The molecule has 0 unspecified atom stereocenters. The Kier molecular flexibility index (Phi) is 4.60. The van der Waals surface area contributed by atoms with Crippen molar-refractivity contribution in [1.29, 1.82) is 0 Å². The van der Waals surface area contributed by atoms with Crippen molar-refractivity contribution >= 4 is 53.4 Å². The van der Waals surface area contributed by atoms with Gasteiger partial charge in [-0.2, -0.15) is 0 Å². The van der Waals surface area contributed by atoms with Gasteiger partial charge in [-0.3, -0.25) is 0 Å². The summed E-state index contributed by atoms with van der Waals surface area (Å²) >= 11 is 1.79. The first-order valence-corrected chi connectivity index (χ1v) is 14.9. The molecule has 9 rings (SSSR count). The Labute approximate surface area is 264 Å². The van der Waals surface area contributed by atoms with E-state index in [0.717, 1.165) is 27.5 Å². The quantitative estimate of drug-likeness (QED) is 0.206. The Morgan fingerprint density at radius 3 is 1.93 bits per heavy atom. The van der Waals surface area contributed by atoms with Gasteiger partial charge in [0.2, 0.25) is 0 Å². The maximum absolute atomic E-state index is 8.59. The highest BCUT2D eigenvalue weighted by atomic mass is 32.1. The predicted octanol–water partition coefficient (Wildman–Crippen LogP) is 10.8. The van der Waals surface area contributed by atoms with Gasteiger partial charge in [-0.15, -0.1) is 11.3 Å². The minimum atomic E-state index is -0.475. The molecular formula is C39H23N3OS. The molecule has 9 aromatic rings. The molecular weight excluding hydrogens is 559 g/mol. The van der Waals surface area contributed by atoms with Crippen LogP contribution in [0.2, 0.25) is 0 Å². The molecule has 6 aromatic carbocycles. The van der Waals surface area contributed by atoms with Gasteiger partial charge in [-0.25, -0.2) is 15.0 Å². The van der Waals surface area contributed by atoms with E-state index in [0.29, 0.717) is 28.4 Å². The lowest BCUT2D eigenvalue weighted by Gasteiger charge is -2.08. The highest BCUT2D eigenvalue weighted by molar-refractivity contribution is 7.26. The maximum atomic E-state index is 8.59. The summed E-state index contributed by atoms with van der Waals surface area (Å²) < 4.78 is 50.4. The van der Waals surface area contributed by atoms with E-state index in [2.05, 4.69) is 59.6 Å². The van der Waals surface area contributed by atoms with Crippen LogP contribution in [0.3, 0.4) is 0 Å². The summed E-state index contributed by atoms with van der Waals surface area (Å²) in [5.74, 6) is 0.623. The van der Waals surface area contributed by atoms with Crippen LogP contribution in [0, 0.1) is 0 Å². The van der Waals surface area contributed by atoms with E-state index in [1.165, 1.54) is 20.2 Å². The lowest BCUT2D eigenvalue weighted by Crippen LogP contribution is -2.00. The van der Waals surface area contributed by atoms with Crippen LogP contribution in [0.1, 0.15) is 6.85 Å². The summed E-state index contributed by atoms with van der Waals surface area (Å²) in [7, 11) is 0. The fourth-order valence-corrected chi connectivity index (χ4v) is 6.99. The summed E-state index contributed by atoms with van der Waals surface area (Å²) in [5, 5.41) is 4.30. The molecule has 0 amide bonds. The monoisotopic (exact) mass is 586 g/mol. The average Bonchev–Trinajstić information content (AvgIpc) is 3.71. The van der Waals surface area contributed by atoms with Gasteiger partial charge < -0.3 is 4.42 Å². The number of hydrogen-bond donors (Lipinski definition) is 0. The van der Waals surface area contributed by atoms with Crippen LogP contribution in [0.4, 0.5) is 0 Å². The molecule has 3 aromatic heterocycles. The molecule has 0 spiro atoms. The Morgan fingerprint density at radius 2 is 1.14 bits per heavy atom. The summed E-state index contributed by atoms with van der Waals surface area (Å²) in [6.07, 6.45) is 0. The number of benzene rings is 6. The van der Waals surface area contributed by atoms with Crippen molar-refractivity contribution in [2.75, 3.05) is 0 Å². The molecule has 0 N–H and O–H groups in total. The third-order valence-electron chi connectivity index (χ3n) is 7.83. The van der Waals surface area contributed by atoms with Gasteiger partial charge in [0.25, 0.3) is 0 Å². The molecule has 0 fully saturated rings. The molecule has 0 aliphatic carbocycles. The molecule has 0 aliphatic rings. The lowest BCUT2D eigenvalue weighted by atomic mass is 10.00. The van der Waals surface area contributed by atoms with Gasteiger partial charge in [-0.1, -0.05) is 103 Å². The Bertz CT molecular complexity index is 2770. The first-order chi connectivity index (χ1) is 23.9. The van der Waals surface area contributed by atoms with Crippen LogP contribution in [-0.4, -0.2) is 15.0 Å². The van der Waals surface area contributed by atoms with Crippen LogP contribution in [0.25, 0.3) is 87.4 Å². The van der Waals surface area contributed by atoms with Gasteiger partial charge in [0.15, 0.2) is 17.5 Å². The number of thiophene rings is 1. The number of aromatic nitrogens is 3. The normalized spacial score (nSPS) is 13.2. The van der Waals surface area contributed by atoms with Crippen molar-refractivity contribution in [1.82, 2.24) is 15.0 Å². The molecule has 5 heteroatoms. The highest BCUT2D eigenvalue weighted by Crippen LogP contribution is 2.41. The van der Waals surface area contributed by atoms with Crippen molar-refractivity contribution in [3.8, 4) is 45.3 Å². The smallest absolute Gasteiger partial charge is 0.164 e. The second-order valence-electron chi connectivity index (χ2n) is 10.5. The second kappa shape index (κ2) is 9.97. The standard InChI is InChI=1S/C39H23N3OS/c1-3-10-24(11-4-1)37-40-38(25-12-5-2-6-13-25)42-39(41-37)27-19-21-34-32(23-27)31-22-26(18-20-33(31)43-34)28-15-9-16-30-29-14-7-8-17-35(29)44-36(28)30/h1-23H/i1D,3D,4D,10D,11D. The molecule has 206 valence electrons. The summed E-state index contributed by atoms with van der Waals surface area (Å²) in [5.41, 5.74) is 4.97. The molecule has 0 saturated heterocycles. The van der Waals surface area contributed by atoms with Crippen LogP contribution in [0.5, 0.6) is 0 Å². The molecule has 0 radical (unpaired) electrons. The van der Waals surface area contributed by atoms with Gasteiger partial charge >= 0.3 is 0 Å². The fraction of sp³-hybridized carbons (Fsp3) is 0. The third kappa shape index (κ3) is 4.09. The zero-order valence-electron chi connectivity index (χ0n) is 28.1. The number of rotatable bonds is 4. The van der Waals surface area contributed by atoms with Crippen LogP contribution >= 0.6 is 11.3 Å². The molecule has 3 heterocycles. The van der Waals surface area contributed by atoms with E-state index in [-0.39, 0.29) is 23.5 Å². The topological polar surface area (TPSA) is 51.8 Å². The molecule has 44 heavy (non-hydrogen) atoms. The summed E-state index contributed by atoms with van der Waals surface area (Å²) in [6, 6.07) is 34.1. The largest absolute Gasteiger partial charge is 0.456 e. The molecule has 4 nitrogen and oxygen atoms in total. The summed E-state index contributed by atoms with van der Waals surface area (Å²) in [6.45, 7) is 0. The Hall–Kier alpha value is -5.65. The molecule has 0 atom stereocenters. The average molecular weight is 587 g/mol. The third-order valence-corrected chi connectivity index (χ3v) is 9.05. The minimum Gasteiger partial charge on any atom is -0.456 e. The van der Waals surface area contributed by atoms with Crippen molar-refractivity contribution < 1.29 is 11.3 Å². The zero-order valence-corrected chi connectivity index (χ0v) is 23.9. The molecule has 0 bridgehead atoms. The Balaban J connectivity index is 1.24. The predicted molar refractivity (Wildman–Crippen MR) is 182 cm³/mol. The van der Waals surface area contributed by atoms with E-state index in [1.807, 2.05) is 54.6 Å². The molecule has 0 aliphatic heterocycles. The van der Waals surface area contributed by atoms with Crippen LogP contribution < -0.4 is 0 Å².